The van der Waals surface area contributed by atoms with Gasteiger partial charge in [-0.1, -0.05) is 0 Å². The topological polar surface area (TPSA) is 47.1 Å². The van der Waals surface area contributed by atoms with Gasteiger partial charge in [0.15, 0.2) is 0 Å². The Labute approximate surface area is 104 Å². The molecule has 1 aliphatic heterocycles. The highest BCUT2D eigenvalue weighted by atomic mass is 15.3. The van der Waals surface area contributed by atoms with Crippen molar-refractivity contribution in [3.63, 3.8) is 0 Å². The van der Waals surface area contributed by atoms with Crippen LogP contribution in [0.2, 0.25) is 0 Å². The van der Waals surface area contributed by atoms with Crippen molar-refractivity contribution in [2.75, 3.05) is 19.6 Å². The minimum absolute atomic E-state index is 0.839. The molecule has 4 nitrogen and oxygen atoms in total. The van der Waals surface area contributed by atoms with Crippen LogP contribution in [0.5, 0.6) is 0 Å². The molecule has 2 rings (SSSR count). The molecule has 2 N–H and O–H groups in total. The molecular formula is C13H24N4. The van der Waals surface area contributed by atoms with Crippen LogP contribution in [0.25, 0.3) is 0 Å². The predicted molar refractivity (Wildman–Crippen MR) is 69.6 cm³/mol. The van der Waals surface area contributed by atoms with Gasteiger partial charge in [-0.3, -0.25) is 9.58 Å². The molecule has 0 atom stereocenters. The molecule has 4 heteroatoms. The minimum Gasteiger partial charge on any atom is -0.330 e. The van der Waals surface area contributed by atoms with E-state index in [2.05, 4.69) is 23.0 Å². The maximum Gasteiger partial charge on any atom is 0.0597 e. The lowest BCUT2D eigenvalue weighted by molar-refractivity contribution is 0.170. The largest absolute Gasteiger partial charge is 0.330 e. The summed E-state index contributed by atoms with van der Waals surface area (Å²) in [5.74, 6) is 0.851. The second-order valence-corrected chi connectivity index (χ2v) is 5.20. The third-order valence-electron chi connectivity index (χ3n) is 3.77. The maximum atomic E-state index is 5.61. The number of hydrogen-bond donors (Lipinski definition) is 1. The Hall–Kier alpha value is -0.870. The number of hydrogen-bond acceptors (Lipinski definition) is 3. The van der Waals surface area contributed by atoms with Crippen LogP contribution in [0.15, 0.2) is 6.07 Å². The van der Waals surface area contributed by atoms with Crippen LogP contribution in [0, 0.1) is 12.8 Å². The normalized spacial score (nSPS) is 18.8. The van der Waals surface area contributed by atoms with E-state index in [1.54, 1.807) is 0 Å². The zero-order valence-corrected chi connectivity index (χ0v) is 11.0. The van der Waals surface area contributed by atoms with Crippen molar-refractivity contribution in [1.82, 2.24) is 14.7 Å². The molecule has 0 spiro atoms. The molecule has 0 bridgehead atoms. The highest BCUT2D eigenvalue weighted by Crippen LogP contribution is 2.21. The number of rotatable bonds is 4. The van der Waals surface area contributed by atoms with Crippen molar-refractivity contribution in [3.05, 3.63) is 17.5 Å². The highest BCUT2D eigenvalue weighted by Gasteiger charge is 2.19. The van der Waals surface area contributed by atoms with E-state index in [0.717, 1.165) is 24.7 Å². The van der Waals surface area contributed by atoms with Gasteiger partial charge in [-0.2, -0.15) is 5.10 Å². The number of piperidine rings is 1. The highest BCUT2D eigenvalue weighted by molar-refractivity contribution is 5.08. The lowest BCUT2D eigenvalue weighted by Gasteiger charge is -2.31. The second-order valence-electron chi connectivity index (χ2n) is 5.20. The summed E-state index contributed by atoms with van der Waals surface area (Å²) in [6.07, 6.45) is 3.79. The van der Waals surface area contributed by atoms with E-state index < -0.39 is 0 Å². The first kappa shape index (κ1) is 12.6. The summed E-state index contributed by atoms with van der Waals surface area (Å²) in [7, 11) is 2.03. The number of nitrogens with two attached hydrogens (primary N) is 1. The van der Waals surface area contributed by atoms with Crippen molar-refractivity contribution in [2.24, 2.45) is 18.7 Å². The Morgan fingerprint density at radius 2 is 2.12 bits per heavy atom. The summed E-state index contributed by atoms with van der Waals surface area (Å²) in [5, 5.41) is 4.39. The van der Waals surface area contributed by atoms with Crippen molar-refractivity contribution >= 4 is 0 Å². The molecule has 0 unspecified atom stereocenters. The quantitative estimate of drug-likeness (QED) is 0.857. The molecule has 1 aliphatic rings. The first-order valence-corrected chi connectivity index (χ1v) is 6.61. The summed E-state index contributed by atoms with van der Waals surface area (Å²) in [6.45, 7) is 6.33. The van der Waals surface area contributed by atoms with Crippen LogP contribution in [-0.2, 0) is 13.6 Å². The third-order valence-corrected chi connectivity index (χ3v) is 3.77. The number of aryl methyl sites for hydroxylation is 2. The molecule has 1 aromatic heterocycles. The van der Waals surface area contributed by atoms with Crippen LogP contribution in [0.4, 0.5) is 0 Å². The van der Waals surface area contributed by atoms with Crippen molar-refractivity contribution in [1.29, 1.82) is 0 Å². The van der Waals surface area contributed by atoms with Gasteiger partial charge >= 0.3 is 0 Å². The predicted octanol–water partition coefficient (Wildman–Crippen LogP) is 1.29. The summed E-state index contributed by atoms with van der Waals surface area (Å²) in [4.78, 5) is 2.53. The van der Waals surface area contributed by atoms with Gasteiger partial charge in [0.05, 0.1) is 11.4 Å². The summed E-state index contributed by atoms with van der Waals surface area (Å²) < 4.78 is 2.00. The van der Waals surface area contributed by atoms with Gasteiger partial charge in [-0.15, -0.1) is 0 Å². The molecule has 0 radical (unpaired) electrons. The molecule has 17 heavy (non-hydrogen) atoms. The average Bonchev–Trinajstić information content (AvgIpc) is 2.61. The van der Waals surface area contributed by atoms with Crippen LogP contribution in [0.3, 0.4) is 0 Å². The molecule has 96 valence electrons. The summed E-state index contributed by atoms with van der Waals surface area (Å²) >= 11 is 0. The SMILES string of the molecule is Cc1cc(CN2CCC(CCN)CC2)n(C)n1. The molecule has 0 aromatic carbocycles. The first-order chi connectivity index (χ1) is 8.19. The Kier molecular flexibility index (Phi) is 4.18. The zero-order chi connectivity index (χ0) is 12.3. The van der Waals surface area contributed by atoms with E-state index in [9.17, 15) is 0 Å². The number of likely N-dealkylation sites (tertiary alicyclic amines) is 1. The molecule has 1 saturated heterocycles. The maximum absolute atomic E-state index is 5.61. The summed E-state index contributed by atoms with van der Waals surface area (Å²) in [5.41, 5.74) is 8.05. The van der Waals surface area contributed by atoms with Gasteiger partial charge < -0.3 is 5.73 Å². The lowest BCUT2D eigenvalue weighted by atomic mass is 9.93. The summed E-state index contributed by atoms with van der Waals surface area (Å²) in [6, 6.07) is 2.19. The second kappa shape index (κ2) is 5.65. The molecule has 0 aliphatic carbocycles. The van der Waals surface area contributed by atoms with Crippen LogP contribution in [0.1, 0.15) is 30.7 Å². The fourth-order valence-electron chi connectivity index (χ4n) is 2.71. The number of nitrogens with zero attached hydrogens (tertiary/aromatic N) is 3. The van der Waals surface area contributed by atoms with Crippen molar-refractivity contribution < 1.29 is 0 Å². The van der Waals surface area contributed by atoms with Crippen LogP contribution in [-0.4, -0.2) is 34.3 Å². The van der Waals surface area contributed by atoms with Gasteiger partial charge in [0.25, 0.3) is 0 Å². The molecule has 1 aromatic rings. The van der Waals surface area contributed by atoms with Gasteiger partial charge in [0.1, 0.15) is 0 Å². The zero-order valence-electron chi connectivity index (χ0n) is 11.0. The van der Waals surface area contributed by atoms with Crippen LogP contribution < -0.4 is 5.73 Å². The van der Waals surface area contributed by atoms with Gasteiger partial charge in [0.2, 0.25) is 0 Å². The third kappa shape index (κ3) is 3.30. The molecule has 1 fully saturated rings. The van der Waals surface area contributed by atoms with Gasteiger partial charge in [-0.25, -0.2) is 0 Å². The molecular weight excluding hydrogens is 212 g/mol. The van der Waals surface area contributed by atoms with E-state index in [1.807, 2.05) is 11.7 Å². The Bertz CT molecular complexity index is 350. The first-order valence-electron chi connectivity index (χ1n) is 6.61. The average molecular weight is 236 g/mol. The Balaban J connectivity index is 1.84. The smallest absolute Gasteiger partial charge is 0.0597 e. The Morgan fingerprint density at radius 1 is 1.41 bits per heavy atom. The Morgan fingerprint density at radius 3 is 2.65 bits per heavy atom. The van der Waals surface area contributed by atoms with E-state index in [-0.39, 0.29) is 0 Å². The van der Waals surface area contributed by atoms with Crippen molar-refractivity contribution in [3.8, 4) is 0 Å². The van der Waals surface area contributed by atoms with E-state index in [4.69, 9.17) is 5.73 Å². The van der Waals surface area contributed by atoms with E-state index >= 15 is 0 Å². The van der Waals surface area contributed by atoms with Gasteiger partial charge in [-0.05, 0) is 57.8 Å². The molecule has 0 saturated carbocycles. The van der Waals surface area contributed by atoms with Crippen LogP contribution >= 0.6 is 0 Å². The monoisotopic (exact) mass is 236 g/mol. The lowest BCUT2D eigenvalue weighted by Crippen LogP contribution is -2.34. The van der Waals surface area contributed by atoms with Gasteiger partial charge in [0, 0.05) is 13.6 Å². The fraction of sp³-hybridized carbons (Fsp3) is 0.769. The van der Waals surface area contributed by atoms with E-state index in [1.165, 1.54) is 38.0 Å². The van der Waals surface area contributed by atoms with Crippen molar-refractivity contribution in [2.45, 2.75) is 32.7 Å². The molecule has 0 amide bonds. The minimum atomic E-state index is 0.839. The standard InChI is InChI=1S/C13H24N4/c1-11-9-13(16(2)15-11)10-17-7-4-12(3-6-14)5-8-17/h9,12H,3-8,10,14H2,1-2H3. The molecule has 2 heterocycles. The number of aromatic nitrogens is 2. The van der Waals surface area contributed by atoms with E-state index in [0.29, 0.717) is 0 Å². The fourth-order valence-corrected chi connectivity index (χ4v) is 2.71.